The predicted octanol–water partition coefficient (Wildman–Crippen LogP) is 1.97. The molecule has 1 aromatic rings. The van der Waals surface area contributed by atoms with Gasteiger partial charge in [0.1, 0.15) is 6.61 Å². The van der Waals surface area contributed by atoms with Crippen LogP contribution < -0.4 is 10.2 Å². The Hall–Kier alpha value is -2.02. The summed E-state index contributed by atoms with van der Waals surface area (Å²) in [5.74, 6) is -2.78. The molecule has 0 aliphatic carbocycles. The first-order chi connectivity index (χ1) is 10.2. The third kappa shape index (κ3) is 3.79. The number of carbonyl (C=O) groups excluding carboxylic acids is 1. The van der Waals surface area contributed by atoms with Gasteiger partial charge in [-0.25, -0.2) is 14.2 Å². The van der Waals surface area contributed by atoms with E-state index in [-0.39, 0.29) is 30.4 Å². The number of benzene rings is 1. The van der Waals surface area contributed by atoms with Crippen LogP contribution in [0.25, 0.3) is 0 Å². The van der Waals surface area contributed by atoms with Crippen molar-refractivity contribution in [1.29, 1.82) is 0 Å². The predicted molar refractivity (Wildman–Crippen MR) is 76.6 cm³/mol. The van der Waals surface area contributed by atoms with Crippen molar-refractivity contribution in [3.63, 3.8) is 0 Å². The molecule has 5 nitrogen and oxygen atoms in total. The van der Waals surface area contributed by atoms with Crippen LogP contribution in [0.1, 0.15) is 32.8 Å². The van der Waals surface area contributed by atoms with Gasteiger partial charge >= 0.3 is 0 Å². The fraction of sp³-hybridized carbons (Fsp3) is 0.467. The molecule has 2 N–H and O–H groups in total. The summed E-state index contributed by atoms with van der Waals surface area (Å²) in [4.78, 5) is 11.2. The van der Waals surface area contributed by atoms with Crippen LogP contribution in [0.5, 0.6) is 5.75 Å². The highest BCUT2D eigenvalue weighted by molar-refractivity contribution is 6.05. The summed E-state index contributed by atoms with van der Waals surface area (Å²) in [6.07, 6.45) is 0.207. The molecule has 1 heterocycles. The van der Waals surface area contributed by atoms with Crippen molar-refractivity contribution >= 4 is 11.6 Å². The zero-order chi connectivity index (χ0) is 16.5. The molecule has 120 valence electrons. The van der Waals surface area contributed by atoms with Crippen molar-refractivity contribution < 1.29 is 23.4 Å². The third-order valence-electron chi connectivity index (χ3n) is 3.12. The lowest BCUT2D eigenvalue weighted by molar-refractivity contribution is -0.121. The summed E-state index contributed by atoms with van der Waals surface area (Å²) in [7, 11) is 0. The van der Waals surface area contributed by atoms with E-state index in [4.69, 9.17) is 4.74 Å². The lowest BCUT2D eigenvalue weighted by atomic mass is 9.94. The van der Waals surface area contributed by atoms with Crippen molar-refractivity contribution in [1.82, 2.24) is 5.43 Å². The standard InChI is InChI=1S/C15H18F2N2O3/c1-8-4-12(20)18-19-13(8)9-5-10(16)14(11(17)6-9)22-7-15(2,3)21/h5-6,8,21H,4,7H2,1-3H3,(H,18,20). The summed E-state index contributed by atoms with van der Waals surface area (Å²) in [6, 6.07) is 2.21. The van der Waals surface area contributed by atoms with Crippen LogP contribution in [-0.4, -0.2) is 28.9 Å². The van der Waals surface area contributed by atoms with E-state index in [0.717, 1.165) is 12.1 Å². The highest BCUT2D eigenvalue weighted by atomic mass is 19.1. The highest BCUT2D eigenvalue weighted by Crippen LogP contribution is 2.27. The molecule has 1 amide bonds. The molecule has 0 bridgehead atoms. The molecule has 7 heteroatoms. The Bertz CT molecular complexity index is 601. The number of amides is 1. The molecule has 1 atom stereocenters. The van der Waals surface area contributed by atoms with Gasteiger partial charge in [0.05, 0.1) is 11.3 Å². The summed E-state index contributed by atoms with van der Waals surface area (Å²) >= 11 is 0. The second kappa shape index (κ2) is 6.00. The number of nitrogens with one attached hydrogen (secondary N) is 1. The van der Waals surface area contributed by atoms with Gasteiger partial charge in [0.2, 0.25) is 5.91 Å². The third-order valence-corrected chi connectivity index (χ3v) is 3.12. The minimum absolute atomic E-state index is 0.207. The van der Waals surface area contributed by atoms with E-state index < -0.39 is 23.0 Å². The van der Waals surface area contributed by atoms with Crippen LogP contribution in [0.15, 0.2) is 17.2 Å². The summed E-state index contributed by atoms with van der Waals surface area (Å²) in [5.41, 5.74) is 1.75. The average molecular weight is 312 g/mol. The molecule has 0 radical (unpaired) electrons. The Morgan fingerprint density at radius 3 is 2.50 bits per heavy atom. The molecule has 0 fully saturated rings. The van der Waals surface area contributed by atoms with Crippen molar-refractivity contribution in [3.8, 4) is 5.75 Å². The molecule has 22 heavy (non-hydrogen) atoms. The zero-order valence-electron chi connectivity index (χ0n) is 12.6. The monoisotopic (exact) mass is 312 g/mol. The van der Waals surface area contributed by atoms with Gasteiger partial charge in [-0.05, 0) is 26.0 Å². The zero-order valence-corrected chi connectivity index (χ0v) is 12.6. The second-order valence-electron chi connectivity index (χ2n) is 6.01. The van der Waals surface area contributed by atoms with Crippen LogP contribution >= 0.6 is 0 Å². The quantitative estimate of drug-likeness (QED) is 0.893. The maximum absolute atomic E-state index is 14.1. The minimum Gasteiger partial charge on any atom is -0.485 e. The van der Waals surface area contributed by atoms with Gasteiger partial charge in [0.25, 0.3) is 0 Å². The van der Waals surface area contributed by atoms with Gasteiger partial charge < -0.3 is 9.84 Å². The van der Waals surface area contributed by atoms with Gasteiger partial charge in [0, 0.05) is 17.9 Å². The lowest BCUT2D eigenvalue weighted by Crippen LogP contribution is -2.32. The van der Waals surface area contributed by atoms with E-state index in [2.05, 4.69) is 10.5 Å². The molecular formula is C15H18F2N2O3. The topological polar surface area (TPSA) is 70.9 Å². The Labute approximate surface area is 127 Å². The van der Waals surface area contributed by atoms with E-state index in [0.29, 0.717) is 5.71 Å². The van der Waals surface area contributed by atoms with Gasteiger partial charge in [-0.1, -0.05) is 6.92 Å². The molecule has 1 aliphatic heterocycles. The van der Waals surface area contributed by atoms with Crippen LogP contribution in [-0.2, 0) is 4.79 Å². The molecular weight excluding hydrogens is 294 g/mol. The second-order valence-corrected chi connectivity index (χ2v) is 6.01. The van der Waals surface area contributed by atoms with Crippen LogP contribution in [0.2, 0.25) is 0 Å². The first-order valence-electron chi connectivity index (χ1n) is 6.88. The SMILES string of the molecule is CC1CC(=O)NN=C1c1cc(F)c(OCC(C)(C)O)c(F)c1. The number of nitrogens with zero attached hydrogens (tertiary/aromatic N) is 1. The largest absolute Gasteiger partial charge is 0.485 e. The summed E-state index contributed by atoms with van der Waals surface area (Å²) in [5, 5.41) is 13.4. The van der Waals surface area contributed by atoms with Crippen LogP contribution in [0, 0.1) is 17.6 Å². The molecule has 0 saturated carbocycles. The molecule has 2 rings (SSSR count). The number of hydrogen-bond acceptors (Lipinski definition) is 4. The first kappa shape index (κ1) is 16.4. The Morgan fingerprint density at radius 2 is 2.00 bits per heavy atom. The number of carbonyl (C=O) groups is 1. The van der Waals surface area contributed by atoms with Crippen molar-refractivity contribution in [2.75, 3.05) is 6.61 Å². The normalized spacial score (nSPS) is 18.7. The molecule has 0 saturated heterocycles. The van der Waals surface area contributed by atoms with E-state index in [9.17, 15) is 18.7 Å². The van der Waals surface area contributed by atoms with Crippen LogP contribution in [0.3, 0.4) is 0 Å². The number of hydrazone groups is 1. The maximum Gasteiger partial charge on any atom is 0.240 e. The van der Waals surface area contributed by atoms with Crippen molar-refractivity contribution in [2.45, 2.75) is 32.8 Å². The van der Waals surface area contributed by atoms with Gasteiger partial charge in [-0.2, -0.15) is 5.10 Å². The highest BCUT2D eigenvalue weighted by Gasteiger charge is 2.25. The Balaban J connectivity index is 2.28. The smallest absolute Gasteiger partial charge is 0.240 e. The number of rotatable bonds is 4. The number of halogens is 2. The van der Waals surface area contributed by atoms with Gasteiger partial charge in [-0.3, -0.25) is 4.79 Å². The molecule has 0 aromatic heterocycles. The van der Waals surface area contributed by atoms with Gasteiger partial charge in [0.15, 0.2) is 17.4 Å². The molecule has 1 aliphatic rings. The fourth-order valence-corrected chi connectivity index (χ4v) is 2.10. The minimum atomic E-state index is -1.20. The van der Waals surface area contributed by atoms with E-state index >= 15 is 0 Å². The molecule has 1 unspecified atom stereocenters. The van der Waals surface area contributed by atoms with Crippen molar-refractivity contribution in [2.24, 2.45) is 11.0 Å². The molecule has 1 aromatic carbocycles. The number of ether oxygens (including phenoxy) is 1. The average Bonchev–Trinajstić information content (AvgIpc) is 2.36. The fourth-order valence-electron chi connectivity index (χ4n) is 2.10. The summed E-state index contributed by atoms with van der Waals surface area (Å²) < 4.78 is 33.1. The Morgan fingerprint density at radius 1 is 1.41 bits per heavy atom. The maximum atomic E-state index is 14.1. The van der Waals surface area contributed by atoms with E-state index in [1.54, 1.807) is 6.92 Å². The van der Waals surface area contributed by atoms with E-state index in [1.807, 2.05) is 0 Å². The number of hydrogen-bond donors (Lipinski definition) is 2. The van der Waals surface area contributed by atoms with Crippen molar-refractivity contribution in [3.05, 3.63) is 29.3 Å². The van der Waals surface area contributed by atoms with Gasteiger partial charge in [-0.15, -0.1) is 0 Å². The lowest BCUT2D eigenvalue weighted by Gasteiger charge is -2.21. The Kier molecular flexibility index (Phi) is 4.46. The molecule has 0 spiro atoms. The number of aliphatic hydroxyl groups is 1. The van der Waals surface area contributed by atoms with Crippen LogP contribution in [0.4, 0.5) is 8.78 Å². The first-order valence-corrected chi connectivity index (χ1v) is 6.88. The summed E-state index contributed by atoms with van der Waals surface area (Å²) in [6.45, 7) is 4.45. The van der Waals surface area contributed by atoms with E-state index in [1.165, 1.54) is 13.8 Å².